The van der Waals surface area contributed by atoms with Gasteiger partial charge in [-0.2, -0.15) is 0 Å². The maximum atomic E-state index is 8.63. The summed E-state index contributed by atoms with van der Waals surface area (Å²) >= 11 is 0. The van der Waals surface area contributed by atoms with Crippen LogP contribution in [0.2, 0.25) is 0 Å². The van der Waals surface area contributed by atoms with Gasteiger partial charge in [-0.3, -0.25) is 4.55 Å². The van der Waals surface area contributed by atoms with Crippen LogP contribution in [0.1, 0.15) is 150 Å². The standard InChI is InChI=1S/C26H55P.H3N.H2O4S/c1-5-9-12-15-18-21-24-27(25-22-19-16-13-10-6-2)26(8-4)23-20-17-14-11-7-3;;1-5(2,3)4/h26H,5-25H2,1-4H3;1H3;(H2,1,2,3,4). The zero-order valence-corrected chi connectivity index (χ0v) is 24.7. The largest absolute Gasteiger partial charge is 0.726 e. The lowest BCUT2D eigenvalue weighted by Crippen LogP contribution is -2.09. The van der Waals surface area contributed by atoms with E-state index >= 15 is 0 Å². The smallest absolute Gasteiger partial charge is 0.215 e. The second kappa shape index (κ2) is 28.5. The molecule has 5 N–H and O–H groups in total. The molecule has 0 radical (unpaired) electrons. The summed E-state index contributed by atoms with van der Waals surface area (Å²) in [6.45, 7) is 9.46. The molecule has 0 bridgehead atoms. The van der Waals surface area contributed by atoms with E-state index in [1.807, 2.05) is 0 Å². The van der Waals surface area contributed by atoms with Crippen molar-refractivity contribution in [2.75, 3.05) is 12.3 Å². The fourth-order valence-electron chi connectivity index (χ4n) is 4.30. The van der Waals surface area contributed by atoms with Crippen molar-refractivity contribution < 1.29 is 17.5 Å². The Bertz CT molecular complexity index is 439. The molecule has 0 saturated heterocycles. The van der Waals surface area contributed by atoms with Crippen molar-refractivity contribution in [3.63, 3.8) is 0 Å². The molecular weight excluding hydrogens is 453 g/mol. The quantitative estimate of drug-likeness (QED) is 0.0648. The minimum Gasteiger partial charge on any atom is -0.726 e. The van der Waals surface area contributed by atoms with Crippen molar-refractivity contribution in [3.05, 3.63) is 0 Å². The maximum absolute atomic E-state index is 8.63. The summed E-state index contributed by atoms with van der Waals surface area (Å²) in [5, 5.41) is 0. The third-order valence-corrected chi connectivity index (χ3v) is 9.66. The highest BCUT2D eigenvalue weighted by Crippen LogP contribution is 2.47. The van der Waals surface area contributed by atoms with Crippen LogP contribution in [-0.2, 0) is 10.4 Å². The van der Waals surface area contributed by atoms with Crippen LogP contribution < -0.4 is 6.15 Å². The monoisotopic (exact) mass is 513 g/mol. The van der Waals surface area contributed by atoms with Gasteiger partial charge in [-0.25, -0.2) is 8.42 Å². The van der Waals surface area contributed by atoms with E-state index in [-0.39, 0.29) is 6.15 Å². The predicted molar refractivity (Wildman–Crippen MR) is 149 cm³/mol. The average molecular weight is 514 g/mol. The minimum atomic E-state index is -4.92. The summed E-state index contributed by atoms with van der Waals surface area (Å²) in [4.78, 5) is 0. The van der Waals surface area contributed by atoms with E-state index in [0.717, 1.165) is 5.66 Å². The Balaban J connectivity index is -0.00000134. The summed E-state index contributed by atoms with van der Waals surface area (Å²) in [6.07, 6.45) is 31.1. The van der Waals surface area contributed by atoms with Gasteiger partial charge < -0.3 is 10.7 Å². The Hall–Kier alpha value is 0.260. The SMILES string of the molecule is CCCCCCCCP(CCCCCCCC)C(CC)CCCCCCC.O=S(=O)([O-])O.[NH4+]. The van der Waals surface area contributed by atoms with E-state index in [1.54, 1.807) is 12.3 Å². The molecule has 0 aliphatic rings. The van der Waals surface area contributed by atoms with Crippen molar-refractivity contribution in [1.29, 1.82) is 0 Å². The van der Waals surface area contributed by atoms with E-state index in [2.05, 4.69) is 27.7 Å². The number of hydrogen-bond donors (Lipinski definition) is 2. The first kappa shape index (κ1) is 37.8. The Morgan fingerprint density at radius 1 is 0.636 bits per heavy atom. The predicted octanol–water partition coefficient (Wildman–Crippen LogP) is 9.71. The Morgan fingerprint density at radius 2 is 0.939 bits per heavy atom. The van der Waals surface area contributed by atoms with Crippen LogP contribution in [0.4, 0.5) is 0 Å². The lowest BCUT2D eigenvalue weighted by atomic mass is 10.1. The summed E-state index contributed by atoms with van der Waals surface area (Å²) in [5.74, 6) is 0. The van der Waals surface area contributed by atoms with Crippen molar-refractivity contribution >= 4 is 18.3 Å². The molecule has 0 spiro atoms. The molecule has 0 saturated carbocycles. The highest BCUT2D eigenvalue weighted by molar-refractivity contribution is 7.79. The van der Waals surface area contributed by atoms with Crippen LogP contribution >= 0.6 is 7.92 Å². The molecule has 5 nitrogen and oxygen atoms in total. The van der Waals surface area contributed by atoms with E-state index in [9.17, 15) is 0 Å². The van der Waals surface area contributed by atoms with Crippen LogP contribution in [0, 0.1) is 0 Å². The first-order valence-electron chi connectivity index (χ1n) is 13.7. The zero-order valence-electron chi connectivity index (χ0n) is 23.0. The number of quaternary nitrogens is 1. The van der Waals surface area contributed by atoms with E-state index in [4.69, 9.17) is 17.5 Å². The highest BCUT2D eigenvalue weighted by Gasteiger charge is 2.18. The molecule has 0 aliphatic heterocycles. The third-order valence-electron chi connectivity index (χ3n) is 6.23. The molecule has 0 aliphatic carbocycles. The van der Waals surface area contributed by atoms with Crippen molar-refractivity contribution in [2.45, 2.75) is 155 Å². The number of unbranched alkanes of at least 4 members (excludes halogenated alkanes) is 14. The topological polar surface area (TPSA) is 114 Å². The van der Waals surface area contributed by atoms with Gasteiger partial charge in [-0.15, -0.1) is 7.92 Å². The molecule has 1 atom stereocenters. The van der Waals surface area contributed by atoms with Gasteiger partial charge in [0.15, 0.2) is 0 Å². The second-order valence-corrected chi connectivity index (χ2v) is 12.9. The first-order valence-corrected chi connectivity index (χ1v) is 16.9. The normalized spacial score (nSPS) is 12.2. The van der Waals surface area contributed by atoms with Gasteiger partial charge in [0.2, 0.25) is 10.4 Å². The summed E-state index contributed by atoms with van der Waals surface area (Å²) in [5.41, 5.74) is 1.08. The molecule has 0 aromatic rings. The van der Waals surface area contributed by atoms with Crippen LogP contribution in [0.5, 0.6) is 0 Å². The fraction of sp³-hybridized carbons (Fsp3) is 1.00. The molecule has 0 heterocycles. The van der Waals surface area contributed by atoms with Crippen LogP contribution in [-0.4, -0.2) is 35.5 Å². The van der Waals surface area contributed by atoms with Gasteiger partial charge in [-0.1, -0.05) is 124 Å². The first-order chi connectivity index (χ1) is 15.3. The molecule has 204 valence electrons. The lowest BCUT2D eigenvalue weighted by molar-refractivity contribution is 0.366. The fourth-order valence-corrected chi connectivity index (χ4v) is 7.57. The van der Waals surface area contributed by atoms with Gasteiger partial charge in [0, 0.05) is 0 Å². The van der Waals surface area contributed by atoms with Gasteiger partial charge in [0.25, 0.3) is 0 Å². The van der Waals surface area contributed by atoms with Crippen LogP contribution in [0.15, 0.2) is 0 Å². The maximum Gasteiger partial charge on any atom is 0.215 e. The van der Waals surface area contributed by atoms with Crippen molar-refractivity contribution in [2.24, 2.45) is 0 Å². The molecule has 33 heavy (non-hydrogen) atoms. The molecule has 1 unspecified atom stereocenters. The molecule has 0 rings (SSSR count). The summed E-state index contributed by atoms with van der Waals surface area (Å²) < 4.78 is 32.8. The molecule has 0 aromatic carbocycles. The molecule has 7 heteroatoms. The minimum absolute atomic E-state index is 0. The third kappa shape index (κ3) is 34.5. The summed E-state index contributed by atoms with van der Waals surface area (Å²) in [7, 11) is -4.61. The molecular formula is C26H60NO4PS. The number of hydrogen-bond acceptors (Lipinski definition) is 3. The van der Waals surface area contributed by atoms with Crippen LogP contribution in [0.25, 0.3) is 0 Å². The van der Waals surface area contributed by atoms with E-state index < -0.39 is 10.4 Å². The lowest BCUT2D eigenvalue weighted by Gasteiger charge is -2.27. The van der Waals surface area contributed by atoms with Gasteiger partial charge >= 0.3 is 0 Å². The van der Waals surface area contributed by atoms with Gasteiger partial charge in [0.05, 0.1) is 0 Å². The molecule has 0 amide bonds. The Morgan fingerprint density at radius 3 is 1.27 bits per heavy atom. The zero-order chi connectivity index (χ0) is 24.5. The van der Waals surface area contributed by atoms with Crippen molar-refractivity contribution in [3.8, 4) is 0 Å². The molecule has 0 fully saturated rings. The summed E-state index contributed by atoms with van der Waals surface area (Å²) in [6, 6.07) is 0. The second-order valence-electron chi connectivity index (χ2n) is 9.26. The molecule has 0 aromatic heterocycles. The highest BCUT2D eigenvalue weighted by atomic mass is 32.3. The van der Waals surface area contributed by atoms with Crippen LogP contribution in [0.3, 0.4) is 0 Å². The van der Waals surface area contributed by atoms with Gasteiger partial charge in [0.1, 0.15) is 0 Å². The van der Waals surface area contributed by atoms with Crippen molar-refractivity contribution in [1.82, 2.24) is 6.15 Å². The number of rotatable bonds is 22. The Kier molecular flexibility index (Phi) is 32.6. The van der Waals surface area contributed by atoms with Gasteiger partial charge in [-0.05, 0) is 43.7 Å². The Labute approximate surface area is 209 Å². The van der Waals surface area contributed by atoms with E-state index in [0.29, 0.717) is 7.92 Å². The van der Waals surface area contributed by atoms with E-state index in [1.165, 1.54) is 122 Å². The average Bonchev–Trinajstić information content (AvgIpc) is 2.73.